The summed E-state index contributed by atoms with van der Waals surface area (Å²) < 4.78 is 10.7. The second-order valence-corrected chi connectivity index (χ2v) is 8.73. The fourth-order valence-corrected chi connectivity index (χ4v) is 3.89. The number of aliphatic carboxylic acids is 1. The lowest BCUT2D eigenvalue weighted by Crippen LogP contribution is -2.43. The lowest BCUT2D eigenvalue weighted by molar-refractivity contribution is -0.138. The molecule has 0 aliphatic carbocycles. The summed E-state index contributed by atoms with van der Waals surface area (Å²) in [5, 5.41) is 20.0. The van der Waals surface area contributed by atoms with Crippen LogP contribution >= 0.6 is 23.2 Å². The molecule has 13 heteroatoms. The van der Waals surface area contributed by atoms with E-state index in [1.54, 1.807) is 12.1 Å². The average Bonchev–Trinajstić information content (AvgIpc) is 3.30. The van der Waals surface area contributed by atoms with E-state index in [-0.39, 0.29) is 54.0 Å². The molecule has 2 aromatic rings. The van der Waals surface area contributed by atoms with Gasteiger partial charge in [-0.2, -0.15) is 0 Å². The number of nitrogens with two attached hydrogens (primary N) is 2. The number of nitrogens with one attached hydrogen (secondary N) is 2. The fraction of sp³-hybridized carbons (Fsp3) is 0.304. The number of fused-ring (bicyclic) bond motifs is 1. The number of carboxylic acids is 1. The number of Topliss-reactive ketones (excluding diaryl/α,β-unsaturated/α-hetero) is 1. The molecule has 1 atom stereocenters. The molecule has 2 aromatic carbocycles. The fourth-order valence-electron chi connectivity index (χ4n) is 3.50. The number of halogens is 2. The first kappa shape index (κ1) is 27.1. The molecule has 0 spiro atoms. The molecule has 3 rings (SSSR count). The Morgan fingerprint density at radius 1 is 1.17 bits per heavy atom. The van der Waals surface area contributed by atoms with Crippen molar-refractivity contribution in [2.45, 2.75) is 31.8 Å². The Kier molecular flexibility index (Phi) is 8.97. The Morgan fingerprint density at radius 3 is 2.58 bits per heavy atom. The van der Waals surface area contributed by atoms with Gasteiger partial charge in [-0.3, -0.25) is 24.7 Å². The minimum Gasteiger partial charge on any atom is -0.480 e. The van der Waals surface area contributed by atoms with Crippen molar-refractivity contribution in [1.29, 1.82) is 5.41 Å². The first-order chi connectivity index (χ1) is 17.1. The summed E-state index contributed by atoms with van der Waals surface area (Å²) in [6.07, 6.45) is -0.343. The second kappa shape index (κ2) is 11.9. The first-order valence-electron chi connectivity index (χ1n) is 10.8. The monoisotopic (exact) mass is 537 g/mol. The Labute approximate surface area is 216 Å². The summed E-state index contributed by atoms with van der Waals surface area (Å²) >= 11 is 12.5. The van der Waals surface area contributed by atoms with Gasteiger partial charge < -0.3 is 31.4 Å². The minimum atomic E-state index is -1.17. The summed E-state index contributed by atoms with van der Waals surface area (Å²) in [5.41, 5.74) is 12.2. The van der Waals surface area contributed by atoms with Crippen molar-refractivity contribution in [2.24, 2.45) is 11.5 Å². The molecule has 1 heterocycles. The van der Waals surface area contributed by atoms with Gasteiger partial charge in [0.05, 0.1) is 22.2 Å². The zero-order valence-electron chi connectivity index (χ0n) is 19.1. The van der Waals surface area contributed by atoms with Crippen molar-refractivity contribution < 1.29 is 29.0 Å². The molecule has 192 valence electrons. The third-order valence-electron chi connectivity index (χ3n) is 5.42. The van der Waals surface area contributed by atoms with Crippen molar-refractivity contribution in [3.63, 3.8) is 0 Å². The maximum Gasteiger partial charge on any atom is 0.320 e. The van der Waals surface area contributed by atoms with E-state index in [1.807, 2.05) is 6.07 Å². The first-order valence-corrected chi connectivity index (χ1v) is 11.6. The van der Waals surface area contributed by atoms with E-state index in [4.69, 9.17) is 54.7 Å². The summed E-state index contributed by atoms with van der Waals surface area (Å²) in [6, 6.07) is 7.18. The number of nitrogens with zero attached hydrogens (tertiary/aromatic N) is 1. The van der Waals surface area contributed by atoms with Crippen LogP contribution in [0.3, 0.4) is 0 Å². The number of hydrogen-bond acceptors (Lipinski definition) is 8. The number of carbonyl (C=O) groups excluding carboxylic acids is 2. The molecule has 0 saturated carbocycles. The number of amides is 1. The molecule has 11 nitrogen and oxygen atoms in total. The van der Waals surface area contributed by atoms with Crippen LogP contribution in [0.1, 0.15) is 35.2 Å². The highest BCUT2D eigenvalue weighted by molar-refractivity contribution is 6.44. The Bertz CT molecular complexity index is 1190. The van der Waals surface area contributed by atoms with Crippen LogP contribution in [-0.4, -0.2) is 53.0 Å². The van der Waals surface area contributed by atoms with Crippen LogP contribution in [0.2, 0.25) is 10.0 Å². The molecule has 0 aromatic heterocycles. The highest BCUT2D eigenvalue weighted by Crippen LogP contribution is 2.36. The van der Waals surface area contributed by atoms with Crippen LogP contribution in [0.4, 0.5) is 5.69 Å². The standard InChI is InChI=1S/C23H25Cl2N5O6/c24-14-5-4-13(16(31)9-19(32)30(23(27)28)7-1-2-15(26)22(33)34)21(20(14)25)29-10-12-3-6-17-18(8-12)36-11-35-17/h3-6,8,15,29H,1-2,7,9-11,26H2,(H3,27,28)(H,33,34). The van der Waals surface area contributed by atoms with Crippen molar-refractivity contribution in [1.82, 2.24) is 4.90 Å². The number of rotatable bonds is 11. The van der Waals surface area contributed by atoms with Gasteiger partial charge in [0.1, 0.15) is 6.04 Å². The number of anilines is 1. The lowest BCUT2D eigenvalue weighted by atomic mass is 10.0. The van der Waals surface area contributed by atoms with Gasteiger partial charge in [-0.1, -0.05) is 29.3 Å². The number of ketones is 1. The maximum atomic E-state index is 13.1. The molecular formula is C23H25Cl2N5O6. The molecule has 0 radical (unpaired) electrons. The van der Waals surface area contributed by atoms with Gasteiger partial charge in [0.25, 0.3) is 0 Å². The zero-order valence-corrected chi connectivity index (χ0v) is 20.6. The summed E-state index contributed by atoms with van der Waals surface area (Å²) in [6.45, 7) is 0.357. The van der Waals surface area contributed by atoms with E-state index in [2.05, 4.69) is 5.32 Å². The molecule has 1 amide bonds. The molecule has 1 aliphatic heterocycles. The van der Waals surface area contributed by atoms with Gasteiger partial charge in [0, 0.05) is 18.7 Å². The maximum absolute atomic E-state index is 13.1. The van der Waals surface area contributed by atoms with E-state index in [1.165, 1.54) is 12.1 Å². The van der Waals surface area contributed by atoms with Crippen LogP contribution in [0.5, 0.6) is 11.5 Å². The van der Waals surface area contributed by atoms with Crippen molar-refractivity contribution in [3.05, 3.63) is 51.5 Å². The Hall–Kier alpha value is -3.54. The highest BCUT2D eigenvalue weighted by atomic mass is 35.5. The normalized spacial score (nSPS) is 12.6. The topological polar surface area (TPSA) is 181 Å². The highest BCUT2D eigenvalue weighted by Gasteiger charge is 2.24. The Morgan fingerprint density at radius 2 is 1.89 bits per heavy atom. The van der Waals surface area contributed by atoms with E-state index in [9.17, 15) is 14.4 Å². The number of carboxylic acid groups (broad SMARTS) is 1. The van der Waals surface area contributed by atoms with Crippen LogP contribution in [0, 0.1) is 5.41 Å². The van der Waals surface area contributed by atoms with Gasteiger partial charge in [-0.05, 0) is 42.7 Å². The molecule has 0 bridgehead atoms. The molecule has 36 heavy (non-hydrogen) atoms. The summed E-state index contributed by atoms with van der Waals surface area (Å²) in [4.78, 5) is 37.6. The third kappa shape index (κ3) is 6.56. The number of benzene rings is 2. The van der Waals surface area contributed by atoms with E-state index >= 15 is 0 Å². The molecular weight excluding hydrogens is 513 g/mol. The van der Waals surface area contributed by atoms with Crippen molar-refractivity contribution >= 4 is 52.5 Å². The van der Waals surface area contributed by atoms with Gasteiger partial charge in [-0.15, -0.1) is 0 Å². The van der Waals surface area contributed by atoms with E-state index in [0.717, 1.165) is 10.5 Å². The largest absolute Gasteiger partial charge is 0.480 e. The summed E-state index contributed by atoms with van der Waals surface area (Å²) in [5.74, 6) is -1.79. The van der Waals surface area contributed by atoms with E-state index < -0.39 is 36.1 Å². The number of ether oxygens (including phenoxy) is 2. The lowest BCUT2D eigenvalue weighted by Gasteiger charge is -2.21. The van der Waals surface area contributed by atoms with Crippen LogP contribution in [0.25, 0.3) is 0 Å². The van der Waals surface area contributed by atoms with Crippen molar-refractivity contribution in [3.8, 4) is 11.5 Å². The Balaban J connectivity index is 1.71. The van der Waals surface area contributed by atoms with Gasteiger partial charge in [0.15, 0.2) is 23.2 Å². The minimum absolute atomic E-state index is 0.0565. The van der Waals surface area contributed by atoms with Crippen LogP contribution < -0.4 is 26.3 Å². The van der Waals surface area contributed by atoms with E-state index in [0.29, 0.717) is 11.5 Å². The SMILES string of the molecule is N=C(N)N(CCCC(N)C(=O)O)C(=O)CC(=O)c1ccc(Cl)c(Cl)c1NCc1ccc2c(c1)OCO2. The quantitative estimate of drug-likeness (QED) is 0.124. The predicted octanol–water partition coefficient (Wildman–Crippen LogP) is 2.82. The third-order valence-corrected chi connectivity index (χ3v) is 6.22. The van der Waals surface area contributed by atoms with Crippen LogP contribution in [-0.2, 0) is 16.1 Å². The smallest absolute Gasteiger partial charge is 0.320 e. The molecule has 0 saturated heterocycles. The molecule has 0 fully saturated rings. The van der Waals surface area contributed by atoms with Crippen molar-refractivity contribution in [2.75, 3.05) is 18.7 Å². The molecule has 7 N–H and O–H groups in total. The van der Waals surface area contributed by atoms with Gasteiger partial charge in [-0.25, -0.2) is 0 Å². The van der Waals surface area contributed by atoms with Crippen LogP contribution in [0.15, 0.2) is 30.3 Å². The number of guanidine groups is 1. The summed E-state index contributed by atoms with van der Waals surface area (Å²) in [7, 11) is 0. The molecule has 1 aliphatic rings. The number of hydrogen-bond donors (Lipinski definition) is 5. The molecule has 1 unspecified atom stereocenters. The predicted molar refractivity (Wildman–Crippen MR) is 134 cm³/mol. The number of carbonyl (C=O) groups is 3. The zero-order chi connectivity index (χ0) is 26.4. The van der Waals surface area contributed by atoms with Gasteiger partial charge >= 0.3 is 5.97 Å². The average molecular weight is 538 g/mol. The second-order valence-electron chi connectivity index (χ2n) is 7.94. The van der Waals surface area contributed by atoms with Gasteiger partial charge in [0.2, 0.25) is 12.7 Å².